The number of benzene rings is 1. The molecule has 22 heavy (non-hydrogen) atoms. The molecule has 1 aromatic rings. The minimum Gasteiger partial charge on any atom is -0.493 e. The van der Waals surface area contributed by atoms with Gasteiger partial charge in [0.25, 0.3) is 5.91 Å². The number of likely N-dealkylation sites (tertiary alicyclic amines) is 1. The number of nitrogens with zero attached hydrogens (tertiary/aromatic N) is 2. The number of ether oxygens (including phenoxy) is 2. The van der Waals surface area contributed by atoms with E-state index in [4.69, 9.17) is 9.47 Å². The number of methoxy groups -OCH3 is 2. The SMILES string of the molecule is COc1cccc(C(=O)N(C)CC2CCN(C)CC2)c1OC. The van der Waals surface area contributed by atoms with Crippen molar-refractivity contribution in [1.29, 1.82) is 0 Å². The van der Waals surface area contributed by atoms with Gasteiger partial charge >= 0.3 is 0 Å². The van der Waals surface area contributed by atoms with Crippen LogP contribution in [0.3, 0.4) is 0 Å². The quantitative estimate of drug-likeness (QED) is 0.835. The summed E-state index contributed by atoms with van der Waals surface area (Å²) in [5.74, 6) is 1.64. The van der Waals surface area contributed by atoms with Gasteiger partial charge in [-0.05, 0) is 51.0 Å². The van der Waals surface area contributed by atoms with Crippen molar-refractivity contribution >= 4 is 5.91 Å². The second-order valence-corrected chi connectivity index (χ2v) is 5.97. The molecule has 1 heterocycles. The summed E-state index contributed by atoms with van der Waals surface area (Å²) in [4.78, 5) is 16.8. The molecule has 0 saturated carbocycles. The van der Waals surface area contributed by atoms with Crippen molar-refractivity contribution in [2.45, 2.75) is 12.8 Å². The number of carbonyl (C=O) groups excluding carboxylic acids is 1. The highest BCUT2D eigenvalue weighted by atomic mass is 16.5. The van der Waals surface area contributed by atoms with Crippen LogP contribution in [0.15, 0.2) is 18.2 Å². The molecule has 1 aliphatic heterocycles. The first-order valence-corrected chi connectivity index (χ1v) is 7.71. The fraction of sp³-hybridized carbons (Fsp3) is 0.588. The van der Waals surface area contributed by atoms with E-state index < -0.39 is 0 Å². The first-order valence-electron chi connectivity index (χ1n) is 7.71. The lowest BCUT2D eigenvalue weighted by Crippen LogP contribution is -2.38. The fourth-order valence-corrected chi connectivity index (χ4v) is 2.98. The highest BCUT2D eigenvalue weighted by Crippen LogP contribution is 2.31. The summed E-state index contributed by atoms with van der Waals surface area (Å²) in [7, 11) is 7.14. The summed E-state index contributed by atoms with van der Waals surface area (Å²) < 4.78 is 10.6. The van der Waals surface area contributed by atoms with Crippen molar-refractivity contribution in [1.82, 2.24) is 9.80 Å². The standard InChI is InChI=1S/C17H26N2O3/c1-18-10-8-13(9-11-18)12-19(2)17(20)14-6-5-7-15(21-3)16(14)22-4/h5-7,13H,8-12H2,1-4H3. The van der Waals surface area contributed by atoms with Crippen molar-refractivity contribution < 1.29 is 14.3 Å². The predicted molar refractivity (Wildman–Crippen MR) is 86.7 cm³/mol. The van der Waals surface area contributed by atoms with E-state index in [1.807, 2.05) is 13.1 Å². The number of hydrogen-bond acceptors (Lipinski definition) is 4. The van der Waals surface area contributed by atoms with Crippen molar-refractivity contribution in [3.05, 3.63) is 23.8 Å². The van der Waals surface area contributed by atoms with E-state index in [2.05, 4.69) is 11.9 Å². The zero-order valence-corrected chi connectivity index (χ0v) is 14.0. The van der Waals surface area contributed by atoms with Gasteiger partial charge in [-0.15, -0.1) is 0 Å². The maximum atomic E-state index is 12.7. The van der Waals surface area contributed by atoms with Crippen LogP contribution in [-0.4, -0.2) is 63.7 Å². The van der Waals surface area contributed by atoms with Crippen molar-refractivity contribution in [3.63, 3.8) is 0 Å². The normalized spacial score (nSPS) is 16.4. The Hall–Kier alpha value is -1.75. The van der Waals surface area contributed by atoms with Crippen LogP contribution in [0.4, 0.5) is 0 Å². The van der Waals surface area contributed by atoms with Crippen molar-refractivity contribution in [2.75, 3.05) is 47.9 Å². The summed E-state index contributed by atoms with van der Waals surface area (Å²) in [5.41, 5.74) is 0.553. The highest BCUT2D eigenvalue weighted by molar-refractivity contribution is 5.97. The zero-order valence-electron chi connectivity index (χ0n) is 14.0. The topological polar surface area (TPSA) is 42.0 Å². The van der Waals surface area contributed by atoms with Gasteiger partial charge in [-0.2, -0.15) is 0 Å². The van der Waals surface area contributed by atoms with Gasteiger partial charge in [0.05, 0.1) is 19.8 Å². The van der Waals surface area contributed by atoms with Gasteiger partial charge in [-0.1, -0.05) is 6.07 Å². The van der Waals surface area contributed by atoms with E-state index in [1.165, 1.54) is 0 Å². The second kappa shape index (κ2) is 7.49. The molecule has 0 bridgehead atoms. The molecule has 1 aromatic carbocycles. The van der Waals surface area contributed by atoms with E-state index in [9.17, 15) is 4.79 Å². The smallest absolute Gasteiger partial charge is 0.257 e. The molecule has 1 amide bonds. The summed E-state index contributed by atoms with van der Waals surface area (Å²) in [6, 6.07) is 5.40. The molecule has 0 atom stereocenters. The Balaban J connectivity index is 2.07. The Labute approximate surface area is 132 Å². The van der Waals surface area contributed by atoms with Gasteiger partial charge in [0.15, 0.2) is 11.5 Å². The number of piperidine rings is 1. The maximum absolute atomic E-state index is 12.7. The van der Waals surface area contributed by atoms with Crippen LogP contribution < -0.4 is 9.47 Å². The summed E-state index contributed by atoms with van der Waals surface area (Å²) in [5, 5.41) is 0. The number of amides is 1. The molecule has 0 radical (unpaired) electrons. The molecular formula is C17H26N2O3. The van der Waals surface area contributed by atoms with Crippen LogP contribution >= 0.6 is 0 Å². The molecule has 5 heteroatoms. The van der Waals surface area contributed by atoms with E-state index in [1.54, 1.807) is 31.3 Å². The first-order chi connectivity index (χ1) is 10.6. The lowest BCUT2D eigenvalue weighted by atomic mass is 9.96. The van der Waals surface area contributed by atoms with Crippen LogP contribution in [0.25, 0.3) is 0 Å². The molecule has 0 spiro atoms. The average Bonchev–Trinajstić information content (AvgIpc) is 2.55. The number of para-hydroxylation sites is 1. The van der Waals surface area contributed by atoms with Crippen LogP contribution in [0.5, 0.6) is 11.5 Å². The molecule has 0 unspecified atom stereocenters. The Morgan fingerprint density at radius 1 is 1.27 bits per heavy atom. The van der Waals surface area contributed by atoms with Gasteiger partial charge in [-0.3, -0.25) is 4.79 Å². The lowest BCUT2D eigenvalue weighted by molar-refractivity contribution is 0.0743. The summed E-state index contributed by atoms with van der Waals surface area (Å²) >= 11 is 0. The molecule has 122 valence electrons. The van der Waals surface area contributed by atoms with Gasteiger partial charge in [-0.25, -0.2) is 0 Å². The number of hydrogen-bond donors (Lipinski definition) is 0. The van der Waals surface area contributed by atoms with E-state index >= 15 is 0 Å². The largest absolute Gasteiger partial charge is 0.493 e. The molecule has 1 saturated heterocycles. The molecule has 1 aliphatic rings. The maximum Gasteiger partial charge on any atom is 0.257 e. The average molecular weight is 306 g/mol. The monoisotopic (exact) mass is 306 g/mol. The van der Waals surface area contributed by atoms with Crippen LogP contribution in [0.2, 0.25) is 0 Å². The van der Waals surface area contributed by atoms with Gasteiger partial charge < -0.3 is 19.3 Å². The minimum atomic E-state index is -0.0188. The van der Waals surface area contributed by atoms with Gasteiger partial charge in [0, 0.05) is 13.6 Å². The van der Waals surface area contributed by atoms with Crippen LogP contribution in [-0.2, 0) is 0 Å². The third-order valence-electron chi connectivity index (χ3n) is 4.35. The Morgan fingerprint density at radius 3 is 2.55 bits per heavy atom. The third kappa shape index (κ3) is 3.71. The molecule has 1 fully saturated rings. The first kappa shape index (κ1) is 16.6. The summed E-state index contributed by atoms with van der Waals surface area (Å²) in [6.07, 6.45) is 2.28. The van der Waals surface area contributed by atoms with E-state index in [0.29, 0.717) is 23.0 Å². The fourth-order valence-electron chi connectivity index (χ4n) is 2.98. The van der Waals surface area contributed by atoms with Crippen molar-refractivity contribution in [2.24, 2.45) is 5.92 Å². The third-order valence-corrected chi connectivity index (χ3v) is 4.35. The second-order valence-electron chi connectivity index (χ2n) is 5.97. The Bertz CT molecular complexity index is 511. The molecule has 0 aliphatic carbocycles. The molecule has 5 nitrogen and oxygen atoms in total. The van der Waals surface area contributed by atoms with Crippen LogP contribution in [0, 0.1) is 5.92 Å². The van der Waals surface area contributed by atoms with E-state index in [-0.39, 0.29) is 5.91 Å². The van der Waals surface area contributed by atoms with Crippen LogP contribution in [0.1, 0.15) is 23.2 Å². The Kier molecular flexibility index (Phi) is 5.66. The molecule has 0 N–H and O–H groups in total. The molecule has 2 rings (SSSR count). The van der Waals surface area contributed by atoms with E-state index in [0.717, 1.165) is 32.5 Å². The number of carbonyl (C=O) groups is 1. The molecule has 0 aromatic heterocycles. The van der Waals surface area contributed by atoms with Gasteiger partial charge in [0.2, 0.25) is 0 Å². The molecular weight excluding hydrogens is 280 g/mol. The lowest BCUT2D eigenvalue weighted by Gasteiger charge is -2.31. The zero-order chi connectivity index (χ0) is 16.1. The summed E-state index contributed by atoms with van der Waals surface area (Å²) in [6.45, 7) is 3.00. The predicted octanol–water partition coefficient (Wildman–Crippen LogP) is 2.12. The minimum absolute atomic E-state index is 0.0188. The van der Waals surface area contributed by atoms with Gasteiger partial charge in [0.1, 0.15) is 0 Å². The van der Waals surface area contributed by atoms with Crippen molar-refractivity contribution in [3.8, 4) is 11.5 Å². The highest BCUT2D eigenvalue weighted by Gasteiger charge is 2.23. The number of rotatable bonds is 5. The Morgan fingerprint density at radius 2 is 1.95 bits per heavy atom.